The van der Waals surface area contributed by atoms with Crippen molar-refractivity contribution in [1.29, 1.82) is 0 Å². The number of hydrogen-bond donors (Lipinski definition) is 1. The number of para-hydroxylation sites is 1. The van der Waals surface area contributed by atoms with Crippen molar-refractivity contribution in [2.24, 2.45) is 5.41 Å². The number of carbonyl (C=O) groups is 1. The number of likely N-dealkylation sites (N-methyl/N-ethyl adjacent to an activating group) is 1. The molecule has 2 aliphatic rings. The maximum absolute atomic E-state index is 12.8. The molecule has 2 saturated heterocycles. The number of benzene rings is 1. The Morgan fingerprint density at radius 3 is 2.69 bits per heavy atom. The first-order valence-corrected chi connectivity index (χ1v) is 10.4. The Balaban J connectivity index is 1.34. The van der Waals surface area contributed by atoms with Gasteiger partial charge in [-0.3, -0.25) is 14.6 Å². The zero-order valence-corrected chi connectivity index (χ0v) is 16.2. The molecular formula is C21H27N3OS. The molecule has 0 bridgehead atoms. The summed E-state index contributed by atoms with van der Waals surface area (Å²) in [6.07, 6.45) is 3.36. The number of nitrogens with zero attached hydrogens (tertiary/aromatic N) is 2. The molecule has 1 N–H and O–H groups in total. The van der Waals surface area contributed by atoms with Crippen LogP contribution in [0.4, 0.5) is 5.69 Å². The van der Waals surface area contributed by atoms with Crippen LogP contribution in [-0.2, 0) is 11.3 Å². The highest BCUT2D eigenvalue weighted by Crippen LogP contribution is 2.43. The van der Waals surface area contributed by atoms with Gasteiger partial charge in [0.25, 0.3) is 0 Å². The summed E-state index contributed by atoms with van der Waals surface area (Å²) in [5.74, 6) is 0.135. The molecular weight excluding hydrogens is 342 g/mol. The minimum atomic E-state index is -0.0152. The van der Waals surface area contributed by atoms with Crippen molar-refractivity contribution in [2.45, 2.75) is 31.8 Å². The fraction of sp³-hybridized carbons (Fsp3) is 0.476. The number of amides is 1. The third-order valence-electron chi connectivity index (χ3n) is 5.99. The number of piperidine rings is 1. The third-order valence-corrected chi connectivity index (χ3v) is 6.72. The fourth-order valence-electron chi connectivity index (χ4n) is 4.50. The van der Waals surface area contributed by atoms with Gasteiger partial charge in [-0.15, -0.1) is 0 Å². The Hall–Kier alpha value is -1.69. The van der Waals surface area contributed by atoms with Gasteiger partial charge in [-0.25, -0.2) is 0 Å². The molecule has 5 heteroatoms. The molecule has 1 aromatic carbocycles. The van der Waals surface area contributed by atoms with Crippen LogP contribution in [-0.4, -0.2) is 48.4 Å². The van der Waals surface area contributed by atoms with Crippen LogP contribution in [0.15, 0.2) is 47.2 Å². The Labute approximate surface area is 159 Å². The number of thiophene rings is 1. The number of nitrogens with one attached hydrogen (secondary N) is 1. The molecule has 4 nitrogen and oxygen atoms in total. The molecule has 1 atom stereocenters. The van der Waals surface area contributed by atoms with Gasteiger partial charge in [-0.05, 0) is 79.3 Å². The van der Waals surface area contributed by atoms with Crippen molar-refractivity contribution in [2.75, 3.05) is 32.0 Å². The highest BCUT2D eigenvalue weighted by Gasteiger charge is 2.46. The number of anilines is 1. The van der Waals surface area contributed by atoms with Gasteiger partial charge in [0, 0.05) is 18.8 Å². The Bertz CT molecular complexity index is 723. The molecule has 0 saturated carbocycles. The van der Waals surface area contributed by atoms with Gasteiger partial charge < -0.3 is 5.32 Å². The van der Waals surface area contributed by atoms with Crippen LogP contribution in [0.25, 0.3) is 0 Å². The topological polar surface area (TPSA) is 35.6 Å². The standard InChI is InChI=1S/C21H27N3OS/c1-23-16-21(8-10-24(11-9-21)14-17-7-12-26-15-17)13-19(23)20(25)22-18-5-3-2-4-6-18/h2-7,12,15,19H,8-11,13-14,16H2,1H3,(H,22,25). The van der Waals surface area contributed by atoms with Gasteiger partial charge in [-0.2, -0.15) is 11.3 Å². The van der Waals surface area contributed by atoms with Crippen LogP contribution in [0.2, 0.25) is 0 Å². The van der Waals surface area contributed by atoms with Crippen LogP contribution in [0.5, 0.6) is 0 Å². The van der Waals surface area contributed by atoms with Gasteiger partial charge >= 0.3 is 0 Å². The summed E-state index contributed by atoms with van der Waals surface area (Å²) in [7, 11) is 2.10. The van der Waals surface area contributed by atoms with E-state index in [9.17, 15) is 4.79 Å². The monoisotopic (exact) mass is 369 g/mol. The Kier molecular flexibility index (Phi) is 5.11. The predicted molar refractivity (Wildman–Crippen MR) is 107 cm³/mol. The molecule has 0 radical (unpaired) electrons. The summed E-state index contributed by atoms with van der Waals surface area (Å²) >= 11 is 1.77. The van der Waals surface area contributed by atoms with Crippen LogP contribution in [0, 0.1) is 5.41 Å². The van der Waals surface area contributed by atoms with E-state index in [0.29, 0.717) is 5.41 Å². The number of rotatable bonds is 4. The second-order valence-corrected chi connectivity index (χ2v) is 8.68. The summed E-state index contributed by atoms with van der Waals surface area (Å²) in [5, 5.41) is 7.49. The van der Waals surface area contributed by atoms with E-state index in [1.807, 2.05) is 30.3 Å². The van der Waals surface area contributed by atoms with E-state index in [0.717, 1.165) is 38.3 Å². The predicted octanol–water partition coefficient (Wildman–Crippen LogP) is 3.67. The molecule has 4 rings (SSSR count). The molecule has 1 aromatic heterocycles. The quantitative estimate of drug-likeness (QED) is 0.893. The molecule has 26 heavy (non-hydrogen) atoms. The van der Waals surface area contributed by atoms with E-state index in [1.54, 1.807) is 11.3 Å². The second kappa shape index (κ2) is 7.51. The molecule has 0 aliphatic carbocycles. The highest BCUT2D eigenvalue weighted by atomic mass is 32.1. The number of hydrogen-bond acceptors (Lipinski definition) is 4. The van der Waals surface area contributed by atoms with E-state index in [2.05, 4.69) is 39.0 Å². The third kappa shape index (κ3) is 3.85. The van der Waals surface area contributed by atoms with Gasteiger partial charge in [0.15, 0.2) is 0 Å². The number of likely N-dealkylation sites (tertiary alicyclic amines) is 2. The number of carbonyl (C=O) groups excluding carboxylic acids is 1. The van der Waals surface area contributed by atoms with Crippen molar-refractivity contribution >= 4 is 22.9 Å². The lowest BCUT2D eigenvalue weighted by Gasteiger charge is -2.39. The lowest BCUT2D eigenvalue weighted by molar-refractivity contribution is -0.120. The molecule has 1 spiro atoms. The molecule has 2 aromatic rings. The Morgan fingerprint density at radius 2 is 2.00 bits per heavy atom. The summed E-state index contributed by atoms with van der Waals surface area (Å²) in [4.78, 5) is 17.6. The summed E-state index contributed by atoms with van der Waals surface area (Å²) in [6.45, 7) is 4.37. The Morgan fingerprint density at radius 1 is 1.23 bits per heavy atom. The van der Waals surface area contributed by atoms with Gasteiger partial charge in [-0.1, -0.05) is 18.2 Å². The van der Waals surface area contributed by atoms with E-state index in [4.69, 9.17) is 0 Å². The van der Waals surface area contributed by atoms with Crippen molar-refractivity contribution in [3.05, 3.63) is 52.7 Å². The van der Waals surface area contributed by atoms with E-state index in [-0.39, 0.29) is 11.9 Å². The molecule has 1 unspecified atom stereocenters. The smallest absolute Gasteiger partial charge is 0.241 e. The lowest BCUT2D eigenvalue weighted by atomic mass is 9.76. The van der Waals surface area contributed by atoms with Crippen molar-refractivity contribution in [1.82, 2.24) is 9.80 Å². The second-order valence-electron chi connectivity index (χ2n) is 7.90. The SMILES string of the molecule is CN1CC2(CCN(Cc3ccsc3)CC2)CC1C(=O)Nc1ccccc1. The highest BCUT2D eigenvalue weighted by molar-refractivity contribution is 7.07. The first-order chi connectivity index (χ1) is 12.6. The maximum Gasteiger partial charge on any atom is 0.241 e. The van der Waals surface area contributed by atoms with Crippen molar-refractivity contribution in [3.63, 3.8) is 0 Å². The first-order valence-electron chi connectivity index (χ1n) is 9.43. The van der Waals surface area contributed by atoms with Crippen LogP contribution in [0.3, 0.4) is 0 Å². The van der Waals surface area contributed by atoms with Crippen LogP contribution in [0.1, 0.15) is 24.8 Å². The summed E-state index contributed by atoms with van der Waals surface area (Å²) < 4.78 is 0. The van der Waals surface area contributed by atoms with Gasteiger partial charge in [0.1, 0.15) is 0 Å². The van der Waals surface area contributed by atoms with Crippen molar-refractivity contribution in [3.8, 4) is 0 Å². The van der Waals surface area contributed by atoms with Crippen LogP contribution >= 0.6 is 11.3 Å². The maximum atomic E-state index is 12.8. The van der Waals surface area contributed by atoms with Gasteiger partial charge in [0.2, 0.25) is 5.91 Å². The van der Waals surface area contributed by atoms with E-state index in [1.165, 1.54) is 18.4 Å². The molecule has 1 amide bonds. The summed E-state index contributed by atoms with van der Waals surface area (Å²) in [5.41, 5.74) is 2.62. The fourth-order valence-corrected chi connectivity index (χ4v) is 5.16. The average Bonchev–Trinajstić information content (AvgIpc) is 3.26. The molecule has 138 valence electrons. The first kappa shape index (κ1) is 17.7. The van der Waals surface area contributed by atoms with Crippen molar-refractivity contribution < 1.29 is 4.79 Å². The van der Waals surface area contributed by atoms with Gasteiger partial charge in [0.05, 0.1) is 6.04 Å². The van der Waals surface area contributed by atoms with Crippen LogP contribution < -0.4 is 5.32 Å². The minimum Gasteiger partial charge on any atom is -0.325 e. The molecule has 2 aliphatic heterocycles. The summed E-state index contributed by atoms with van der Waals surface area (Å²) in [6, 6.07) is 12.0. The molecule has 2 fully saturated rings. The van der Waals surface area contributed by atoms with E-state index < -0.39 is 0 Å². The minimum absolute atomic E-state index is 0.0152. The molecule has 3 heterocycles. The zero-order chi connectivity index (χ0) is 18.0. The normalized spacial score (nSPS) is 23.3. The van der Waals surface area contributed by atoms with E-state index >= 15 is 0 Å². The lowest BCUT2D eigenvalue weighted by Crippen LogP contribution is -2.40. The average molecular weight is 370 g/mol. The zero-order valence-electron chi connectivity index (χ0n) is 15.4. The largest absolute Gasteiger partial charge is 0.325 e.